The van der Waals surface area contributed by atoms with E-state index in [9.17, 15) is 9.59 Å². The van der Waals surface area contributed by atoms with Crippen LogP contribution in [-0.4, -0.2) is 11.6 Å². The van der Waals surface area contributed by atoms with Crippen molar-refractivity contribution in [2.45, 2.75) is 52.4 Å². The second-order valence-corrected chi connectivity index (χ2v) is 3.03. The van der Waals surface area contributed by atoms with Crippen LogP contribution in [0.2, 0.25) is 0 Å². The summed E-state index contributed by atoms with van der Waals surface area (Å²) < 4.78 is 0. The van der Waals surface area contributed by atoms with Gasteiger partial charge in [0.05, 0.1) is 0 Å². The van der Waals surface area contributed by atoms with Gasteiger partial charge in [-0.1, -0.05) is 13.8 Å². The summed E-state index contributed by atoms with van der Waals surface area (Å²) in [6.45, 7) is 3.85. The van der Waals surface area contributed by atoms with E-state index in [1.807, 2.05) is 13.8 Å². The summed E-state index contributed by atoms with van der Waals surface area (Å²) in [6.07, 6.45) is 4.08. The molecule has 70 valence electrons. The van der Waals surface area contributed by atoms with Crippen LogP contribution < -0.4 is 0 Å². The molecule has 0 unspecified atom stereocenters. The van der Waals surface area contributed by atoms with Crippen molar-refractivity contribution in [3.63, 3.8) is 0 Å². The highest BCUT2D eigenvalue weighted by atomic mass is 16.1. The minimum Gasteiger partial charge on any atom is -0.300 e. The van der Waals surface area contributed by atoms with Crippen LogP contribution in [0.1, 0.15) is 52.4 Å². The first-order chi connectivity index (χ1) is 5.70. The summed E-state index contributed by atoms with van der Waals surface area (Å²) in [4.78, 5) is 21.8. The molecule has 0 rings (SSSR count). The average Bonchev–Trinajstić information content (AvgIpc) is 2.04. The van der Waals surface area contributed by atoms with E-state index in [0.717, 1.165) is 12.8 Å². The number of carbonyl (C=O) groups excluding carboxylic acids is 2. The van der Waals surface area contributed by atoms with Crippen LogP contribution >= 0.6 is 0 Å². The Labute approximate surface area is 74.3 Å². The first-order valence-electron chi connectivity index (χ1n) is 4.74. The van der Waals surface area contributed by atoms with E-state index in [-0.39, 0.29) is 5.78 Å². The Kier molecular flexibility index (Phi) is 6.63. The van der Waals surface area contributed by atoms with Crippen molar-refractivity contribution in [2.24, 2.45) is 0 Å². The van der Waals surface area contributed by atoms with Crippen molar-refractivity contribution in [3.8, 4) is 0 Å². The van der Waals surface area contributed by atoms with E-state index in [1.165, 1.54) is 0 Å². The normalized spacial score (nSPS) is 9.83. The first kappa shape index (κ1) is 11.3. The number of rotatable bonds is 7. The fourth-order valence-electron chi connectivity index (χ4n) is 1.06. The molecule has 0 aliphatic rings. The largest absolute Gasteiger partial charge is 0.300 e. The van der Waals surface area contributed by atoms with Gasteiger partial charge >= 0.3 is 0 Å². The summed E-state index contributed by atoms with van der Waals surface area (Å²) in [7, 11) is 0. The zero-order valence-corrected chi connectivity index (χ0v) is 8.06. The standard InChI is InChI=1S/C10H18O2/c1-3-6-10(12)8-5-7-9(11)4-2/h3-8H2,1-2H3. The molecule has 0 N–H and O–H groups in total. The maximum Gasteiger partial charge on any atom is 0.132 e. The summed E-state index contributed by atoms with van der Waals surface area (Å²) in [6, 6.07) is 0. The molecule has 0 amide bonds. The number of ketones is 2. The Balaban J connectivity index is 3.30. The monoisotopic (exact) mass is 170 g/mol. The van der Waals surface area contributed by atoms with Gasteiger partial charge in [-0.15, -0.1) is 0 Å². The SMILES string of the molecule is CCCC(=O)CCCC(=O)CC. The fraction of sp³-hybridized carbons (Fsp3) is 0.800. The lowest BCUT2D eigenvalue weighted by atomic mass is 10.1. The number of carbonyl (C=O) groups is 2. The van der Waals surface area contributed by atoms with Crippen LogP contribution in [-0.2, 0) is 9.59 Å². The molecule has 0 saturated heterocycles. The van der Waals surface area contributed by atoms with Gasteiger partial charge < -0.3 is 0 Å². The van der Waals surface area contributed by atoms with Crippen LogP contribution in [0.5, 0.6) is 0 Å². The van der Waals surface area contributed by atoms with Gasteiger partial charge in [0, 0.05) is 25.7 Å². The van der Waals surface area contributed by atoms with E-state index in [0.29, 0.717) is 31.5 Å². The molecule has 0 aromatic heterocycles. The molecule has 12 heavy (non-hydrogen) atoms. The van der Waals surface area contributed by atoms with Gasteiger partial charge in [-0.3, -0.25) is 9.59 Å². The summed E-state index contributed by atoms with van der Waals surface area (Å²) in [5, 5.41) is 0. The van der Waals surface area contributed by atoms with Crippen molar-refractivity contribution in [2.75, 3.05) is 0 Å². The van der Waals surface area contributed by atoms with Crippen molar-refractivity contribution >= 4 is 11.6 Å². The lowest BCUT2D eigenvalue weighted by Gasteiger charge is -1.97. The van der Waals surface area contributed by atoms with E-state index >= 15 is 0 Å². The molecular formula is C10H18O2. The lowest BCUT2D eigenvalue weighted by molar-refractivity contribution is -0.120. The molecule has 0 aromatic carbocycles. The van der Waals surface area contributed by atoms with Gasteiger partial charge in [-0.05, 0) is 12.8 Å². The summed E-state index contributed by atoms with van der Waals surface area (Å²) in [5.74, 6) is 0.556. The van der Waals surface area contributed by atoms with E-state index in [4.69, 9.17) is 0 Å². The van der Waals surface area contributed by atoms with E-state index < -0.39 is 0 Å². The molecule has 0 heterocycles. The quantitative estimate of drug-likeness (QED) is 0.588. The van der Waals surface area contributed by atoms with Gasteiger partial charge in [-0.25, -0.2) is 0 Å². The second kappa shape index (κ2) is 7.01. The molecule has 0 fully saturated rings. The topological polar surface area (TPSA) is 34.1 Å². The van der Waals surface area contributed by atoms with Crippen molar-refractivity contribution < 1.29 is 9.59 Å². The van der Waals surface area contributed by atoms with Crippen molar-refractivity contribution in [1.29, 1.82) is 0 Å². The second-order valence-electron chi connectivity index (χ2n) is 3.03. The van der Waals surface area contributed by atoms with Gasteiger partial charge in [0.25, 0.3) is 0 Å². The molecule has 0 saturated carbocycles. The van der Waals surface area contributed by atoms with Crippen molar-refractivity contribution in [3.05, 3.63) is 0 Å². The predicted molar refractivity (Wildman–Crippen MR) is 49.1 cm³/mol. The highest BCUT2D eigenvalue weighted by Crippen LogP contribution is 2.02. The molecule has 0 aromatic rings. The lowest BCUT2D eigenvalue weighted by Crippen LogP contribution is -2.00. The smallest absolute Gasteiger partial charge is 0.132 e. The van der Waals surface area contributed by atoms with Crippen LogP contribution in [0.15, 0.2) is 0 Å². The minimum absolute atomic E-state index is 0.263. The average molecular weight is 170 g/mol. The molecule has 0 aliphatic carbocycles. The Morgan fingerprint density at radius 2 is 1.50 bits per heavy atom. The highest BCUT2D eigenvalue weighted by molar-refractivity contribution is 5.80. The van der Waals surface area contributed by atoms with E-state index in [2.05, 4.69) is 0 Å². The van der Waals surface area contributed by atoms with Gasteiger partial charge in [0.1, 0.15) is 11.6 Å². The number of hydrogen-bond donors (Lipinski definition) is 0. The fourth-order valence-corrected chi connectivity index (χ4v) is 1.06. The molecule has 0 atom stereocenters. The molecular weight excluding hydrogens is 152 g/mol. The number of Topliss-reactive ketones (excluding diaryl/α,β-unsaturated/α-hetero) is 2. The molecule has 2 heteroatoms. The molecule has 0 radical (unpaired) electrons. The Bertz CT molecular complexity index is 150. The third-order valence-corrected chi connectivity index (χ3v) is 1.83. The third-order valence-electron chi connectivity index (χ3n) is 1.83. The van der Waals surface area contributed by atoms with Crippen LogP contribution in [0, 0.1) is 0 Å². The highest BCUT2D eigenvalue weighted by Gasteiger charge is 2.02. The number of hydrogen-bond acceptors (Lipinski definition) is 2. The molecule has 0 aliphatic heterocycles. The minimum atomic E-state index is 0.263. The van der Waals surface area contributed by atoms with Crippen molar-refractivity contribution in [1.82, 2.24) is 0 Å². The molecule has 0 spiro atoms. The zero-order valence-electron chi connectivity index (χ0n) is 8.06. The van der Waals surface area contributed by atoms with Crippen LogP contribution in [0.25, 0.3) is 0 Å². The van der Waals surface area contributed by atoms with Crippen LogP contribution in [0.3, 0.4) is 0 Å². The van der Waals surface area contributed by atoms with E-state index in [1.54, 1.807) is 0 Å². The zero-order chi connectivity index (χ0) is 9.40. The van der Waals surface area contributed by atoms with Gasteiger partial charge in [0.15, 0.2) is 0 Å². The maximum absolute atomic E-state index is 11.0. The Morgan fingerprint density at radius 1 is 0.917 bits per heavy atom. The third kappa shape index (κ3) is 6.08. The van der Waals surface area contributed by atoms with Gasteiger partial charge in [-0.2, -0.15) is 0 Å². The first-order valence-corrected chi connectivity index (χ1v) is 4.74. The molecule has 0 bridgehead atoms. The summed E-state index contributed by atoms with van der Waals surface area (Å²) in [5.41, 5.74) is 0. The predicted octanol–water partition coefficient (Wildman–Crippen LogP) is 2.51. The maximum atomic E-state index is 11.0. The van der Waals surface area contributed by atoms with Gasteiger partial charge in [0.2, 0.25) is 0 Å². The summed E-state index contributed by atoms with van der Waals surface area (Å²) >= 11 is 0. The molecule has 2 nitrogen and oxygen atoms in total. The Morgan fingerprint density at radius 3 is 2.00 bits per heavy atom. The van der Waals surface area contributed by atoms with Crippen LogP contribution in [0.4, 0.5) is 0 Å². The Hall–Kier alpha value is -0.660.